The van der Waals surface area contributed by atoms with Gasteiger partial charge in [-0.25, -0.2) is 9.07 Å². The maximum absolute atomic E-state index is 13.1. The van der Waals surface area contributed by atoms with Crippen LogP contribution in [-0.4, -0.2) is 20.9 Å². The van der Waals surface area contributed by atoms with E-state index in [-0.39, 0.29) is 24.3 Å². The van der Waals surface area contributed by atoms with Gasteiger partial charge in [0.2, 0.25) is 5.91 Å². The standard InChI is InChI=1S/C14H18FN5O/c1-9-5-11(3-4-12(9)15)6-17-14(21)8-20-7-13(10(2)16)18-19-20/h3-5,7,10H,6,8,16H2,1-2H3,(H,17,21). The molecule has 112 valence electrons. The Kier molecular flexibility index (Phi) is 4.64. The average molecular weight is 291 g/mol. The van der Waals surface area contributed by atoms with E-state index in [0.717, 1.165) is 5.56 Å². The van der Waals surface area contributed by atoms with Crippen LogP contribution in [0.5, 0.6) is 0 Å². The number of carbonyl (C=O) groups excluding carboxylic acids is 1. The van der Waals surface area contributed by atoms with Gasteiger partial charge in [0.05, 0.1) is 11.9 Å². The maximum atomic E-state index is 13.1. The fraction of sp³-hybridized carbons (Fsp3) is 0.357. The number of halogens is 1. The first-order valence-corrected chi connectivity index (χ1v) is 6.63. The van der Waals surface area contributed by atoms with E-state index < -0.39 is 0 Å². The molecule has 6 nitrogen and oxygen atoms in total. The highest BCUT2D eigenvalue weighted by molar-refractivity contribution is 5.75. The summed E-state index contributed by atoms with van der Waals surface area (Å²) in [6, 6.07) is 4.53. The molecule has 1 heterocycles. The van der Waals surface area contributed by atoms with Crippen molar-refractivity contribution in [1.29, 1.82) is 0 Å². The van der Waals surface area contributed by atoms with Crippen LogP contribution >= 0.6 is 0 Å². The van der Waals surface area contributed by atoms with Crippen LogP contribution in [0, 0.1) is 12.7 Å². The van der Waals surface area contributed by atoms with Crippen molar-refractivity contribution < 1.29 is 9.18 Å². The minimum atomic E-state index is -0.254. The van der Waals surface area contributed by atoms with E-state index in [0.29, 0.717) is 17.8 Å². The van der Waals surface area contributed by atoms with Gasteiger partial charge in [-0.3, -0.25) is 4.79 Å². The summed E-state index contributed by atoms with van der Waals surface area (Å²) in [5, 5.41) is 10.5. The number of hydrogen-bond donors (Lipinski definition) is 2. The van der Waals surface area contributed by atoms with E-state index in [4.69, 9.17) is 5.73 Å². The first-order valence-electron chi connectivity index (χ1n) is 6.63. The van der Waals surface area contributed by atoms with Gasteiger partial charge < -0.3 is 11.1 Å². The highest BCUT2D eigenvalue weighted by Gasteiger charge is 2.08. The molecule has 0 radical (unpaired) electrons. The van der Waals surface area contributed by atoms with Crippen LogP contribution in [0.15, 0.2) is 24.4 Å². The number of nitrogens with zero attached hydrogens (tertiary/aromatic N) is 3. The molecule has 0 spiro atoms. The Labute approximate surface area is 122 Å². The molecule has 0 saturated carbocycles. The Bertz CT molecular complexity index is 638. The Morgan fingerprint density at radius 2 is 2.29 bits per heavy atom. The first-order chi connectivity index (χ1) is 9.95. The van der Waals surface area contributed by atoms with E-state index in [1.54, 1.807) is 32.2 Å². The smallest absolute Gasteiger partial charge is 0.242 e. The number of rotatable bonds is 5. The van der Waals surface area contributed by atoms with Gasteiger partial charge in [-0.05, 0) is 31.0 Å². The molecule has 7 heteroatoms. The molecular formula is C14H18FN5O. The number of aryl methyl sites for hydroxylation is 1. The van der Waals surface area contributed by atoms with Gasteiger partial charge in [0.15, 0.2) is 0 Å². The van der Waals surface area contributed by atoms with Crippen LogP contribution in [0.2, 0.25) is 0 Å². The quantitative estimate of drug-likeness (QED) is 0.862. The van der Waals surface area contributed by atoms with Gasteiger partial charge in [-0.2, -0.15) is 0 Å². The number of amides is 1. The van der Waals surface area contributed by atoms with Gasteiger partial charge >= 0.3 is 0 Å². The molecule has 0 aliphatic rings. The molecule has 0 fully saturated rings. The van der Waals surface area contributed by atoms with Gasteiger partial charge in [0, 0.05) is 12.6 Å². The van der Waals surface area contributed by atoms with E-state index in [1.807, 2.05) is 0 Å². The summed E-state index contributed by atoms with van der Waals surface area (Å²) in [7, 11) is 0. The molecule has 0 aliphatic carbocycles. The van der Waals surface area contributed by atoms with Crippen LogP contribution in [-0.2, 0) is 17.9 Å². The fourth-order valence-corrected chi connectivity index (χ4v) is 1.82. The minimum Gasteiger partial charge on any atom is -0.350 e. The fourth-order valence-electron chi connectivity index (χ4n) is 1.82. The number of carbonyl (C=O) groups is 1. The molecule has 0 bridgehead atoms. The molecule has 1 aromatic heterocycles. The number of nitrogens with one attached hydrogen (secondary N) is 1. The molecule has 1 unspecified atom stereocenters. The lowest BCUT2D eigenvalue weighted by Gasteiger charge is -2.06. The Morgan fingerprint density at radius 1 is 1.52 bits per heavy atom. The Morgan fingerprint density at radius 3 is 2.90 bits per heavy atom. The zero-order valence-electron chi connectivity index (χ0n) is 12.0. The lowest BCUT2D eigenvalue weighted by molar-refractivity contribution is -0.122. The van der Waals surface area contributed by atoms with E-state index in [2.05, 4.69) is 15.6 Å². The van der Waals surface area contributed by atoms with E-state index in [9.17, 15) is 9.18 Å². The molecule has 2 aromatic rings. The predicted octanol–water partition coefficient (Wildman–Crippen LogP) is 1.06. The molecule has 2 rings (SSSR count). The third-order valence-electron chi connectivity index (χ3n) is 3.04. The SMILES string of the molecule is Cc1cc(CNC(=O)Cn2cc(C(C)N)nn2)ccc1F. The topological polar surface area (TPSA) is 85.8 Å². The van der Waals surface area contributed by atoms with Gasteiger partial charge in [-0.1, -0.05) is 17.3 Å². The van der Waals surface area contributed by atoms with Crippen LogP contribution in [0.4, 0.5) is 4.39 Å². The summed E-state index contributed by atoms with van der Waals surface area (Å²) < 4.78 is 14.6. The Hall–Kier alpha value is -2.28. The second kappa shape index (κ2) is 6.45. The zero-order valence-corrected chi connectivity index (χ0v) is 12.0. The molecule has 21 heavy (non-hydrogen) atoms. The van der Waals surface area contributed by atoms with Crippen molar-refractivity contribution in [2.75, 3.05) is 0 Å². The number of aromatic nitrogens is 3. The lowest BCUT2D eigenvalue weighted by atomic mass is 10.1. The van der Waals surface area contributed by atoms with Crippen molar-refractivity contribution in [3.63, 3.8) is 0 Å². The Balaban J connectivity index is 1.88. The minimum absolute atomic E-state index is 0.0693. The largest absolute Gasteiger partial charge is 0.350 e. The van der Waals surface area contributed by atoms with Crippen molar-refractivity contribution >= 4 is 5.91 Å². The van der Waals surface area contributed by atoms with Crippen molar-refractivity contribution in [3.05, 3.63) is 47.0 Å². The normalized spacial score (nSPS) is 12.2. The third kappa shape index (κ3) is 4.09. The molecule has 1 aromatic carbocycles. The third-order valence-corrected chi connectivity index (χ3v) is 3.04. The van der Waals surface area contributed by atoms with Crippen molar-refractivity contribution in [2.45, 2.75) is 33.0 Å². The number of benzene rings is 1. The van der Waals surface area contributed by atoms with Crippen molar-refractivity contribution in [3.8, 4) is 0 Å². The summed E-state index contributed by atoms with van der Waals surface area (Å²) in [6.45, 7) is 3.89. The summed E-state index contributed by atoms with van der Waals surface area (Å²) in [5.41, 5.74) is 7.71. The van der Waals surface area contributed by atoms with Gasteiger partial charge in [0.1, 0.15) is 12.4 Å². The summed E-state index contributed by atoms with van der Waals surface area (Å²) in [6.07, 6.45) is 1.65. The van der Waals surface area contributed by atoms with E-state index >= 15 is 0 Å². The highest BCUT2D eigenvalue weighted by Crippen LogP contribution is 2.09. The monoisotopic (exact) mass is 291 g/mol. The second-order valence-corrected chi connectivity index (χ2v) is 4.99. The van der Waals surface area contributed by atoms with Gasteiger partial charge in [0.25, 0.3) is 0 Å². The predicted molar refractivity (Wildman–Crippen MR) is 75.6 cm³/mol. The summed E-state index contributed by atoms with van der Waals surface area (Å²) in [5.74, 6) is -0.450. The zero-order chi connectivity index (χ0) is 15.4. The van der Waals surface area contributed by atoms with Crippen molar-refractivity contribution in [2.24, 2.45) is 5.73 Å². The number of hydrogen-bond acceptors (Lipinski definition) is 4. The number of nitrogens with two attached hydrogens (primary N) is 1. The molecule has 1 atom stereocenters. The van der Waals surface area contributed by atoms with Crippen LogP contribution < -0.4 is 11.1 Å². The maximum Gasteiger partial charge on any atom is 0.242 e. The summed E-state index contributed by atoms with van der Waals surface area (Å²) >= 11 is 0. The molecule has 0 saturated heterocycles. The second-order valence-electron chi connectivity index (χ2n) is 4.99. The molecule has 0 aliphatic heterocycles. The molecule has 3 N–H and O–H groups in total. The van der Waals surface area contributed by atoms with E-state index in [1.165, 1.54) is 10.7 Å². The first kappa shape index (κ1) is 15.1. The van der Waals surface area contributed by atoms with Crippen LogP contribution in [0.25, 0.3) is 0 Å². The van der Waals surface area contributed by atoms with Crippen molar-refractivity contribution in [1.82, 2.24) is 20.3 Å². The summed E-state index contributed by atoms with van der Waals surface area (Å²) in [4.78, 5) is 11.8. The van der Waals surface area contributed by atoms with Crippen LogP contribution in [0.3, 0.4) is 0 Å². The van der Waals surface area contributed by atoms with Crippen LogP contribution in [0.1, 0.15) is 29.8 Å². The lowest BCUT2D eigenvalue weighted by Crippen LogP contribution is -2.27. The average Bonchev–Trinajstić information content (AvgIpc) is 2.89. The highest BCUT2D eigenvalue weighted by atomic mass is 19.1. The van der Waals surface area contributed by atoms with Gasteiger partial charge in [-0.15, -0.1) is 5.10 Å². The molecular weight excluding hydrogens is 273 g/mol. The molecule has 1 amide bonds.